The molecular weight excluding hydrogens is 308 g/mol. The molecule has 24 heavy (non-hydrogen) atoms. The Kier molecular flexibility index (Phi) is 3.45. The zero-order valence-corrected chi connectivity index (χ0v) is 13.9. The first-order valence-electron chi connectivity index (χ1n) is 8.45. The Hall–Kier alpha value is -2.22. The predicted molar refractivity (Wildman–Crippen MR) is 85.4 cm³/mol. The van der Waals surface area contributed by atoms with Gasteiger partial charge in [-0.1, -0.05) is 5.21 Å². The van der Waals surface area contributed by atoms with Gasteiger partial charge in [-0.15, -0.1) is 5.10 Å². The second kappa shape index (κ2) is 5.41. The van der Waals surface area contributed by atoms with E-state index in [1.54, 1.807) is 15.8 Å². The summed E-state index contributed by atoms with van der Waals surface area (Å²) < 4.78 is 1.72. The number of rotatable bonds is 4. The van der Waals surface area contributed by atoms with Crippen LogP contribution in [0.25, 0.3) is 0 Å². The molecule has 2 aliphatic rings. The van der Waals surface area contributed by atoms with Gasteiger partial charge < -0.3 is 10.0 Å². The standard InChI is InChI=1S/C16H22N6O2/c1-10(2)22-8-14(19-20-22)16(24)5-6-21(9-16)15(23)13-7-12(17-18-13)11-3-4-11/h7-8,10-11,24H,3-6,9H2,1-2H3,(H,17,18)/t16-/m0/s1. The van der Waals surface area contributed by atoms with Gasteiger partial charge in [-0.3, -0.25) is 9.89 Å². The molecule has 8 heteroatoms. The maximum atomic E-state index is 12.6. The Bertz CT molecular complexity index is 762. The number of likely N-dealkylation sites (tertiary alicyclic amines) is 1. The van der Waals surface area contributed by atoms with E-state index in [0.29, 0.717) is 30.3 Å². The number of β-amino-alcohol motifs (C(OH)–C–C–N with tert-alkyl or cyclic N) is 1. The van der Waals surface area contributed by atoms with Crippen LogP contribution in [0.4, 0.5) is 0 Å². The van der Waals surface area contributed by atoms with E-state index in [0.717, 1.165) is 18.5 Å². The first-order chi connectivity index (χ1) is 11.5. The number of hydrogen-bond acceptors (Lipinski definition) is 5. The Morgan fingerprint density at radius 3 is 2.92 bits per heavy atom. The average Bonchev–Trinajstić information content (AvgIpc) is 3.00. The SMILES string of the molecule is CC(C)n1cc([C@]2(O)CCN(C(=O)c3cc(C4CC4)[nH]n3)C2)nn1. The van der Waals surface area contributed by atoms with Gasteiger partial charge >= 0.3 is 0 Å². The second-order valence-electron chi connectivity index (χ2n) is 7.17. The van der Waals surface area contributed by atoms with Gasteiger partial charge in [0.15, 0.2) is 0 Å². The minimum Gasteiger partial charge on any atom is -0.381 e. The number of hydrogen-bond donors (Lipinski definition) is 2. The lowest BCUT2D eigenvalue weighted by Crippen LogP contribution is -2.34. The van der Waals surface area contributed by atoms with Crippen LogP contribution in [-0.4, -0.2) is 54.2 Å². The Labute approximate surface area is 139 Å². The van der Waals surface area contributed by atoms with Crippen LogP contribution in [0, 0.1) is 0 Å². The third-order valence-corrected chi connectivity index (χ3v) is 4.89. The van der Waals surface area contributed by atoms with Gasteiger partial charge in [-0.25, -0.2) is 4.68 Å². The third kappa shape index (κ3) is 2.60. The van der Waals surface area contributed by atoms with E-state index in [1.165, 1.54) is 0 Å². The zero-order chi connectivity index (χ0) is 16.9. The van der Waals surface area contributed by atoms with Crippen LogP contribution in [0.1, 0.15) is 66.9 Å². The number of aliphatic hydroxyl groups is 1. The van der Waals surface area contributed by atoms with Gasteiger partial charge in [0.1, 0.15) is 17.0 Å². The number of aromatic amines is 1. The number of H-pyrrole nitrogens is 1. The number of nitrogens with one attached hydrogen (secondary N) is 1. The molecule has 1 saturated carbocycles. The van der Waals surface area contributed by atoms with Crippen molar-refractivity contribution in [2.24, 2.45) is 0 Å². The molecular formula is C16H22N6O2. The highest BCUT2D eigenvalue weighted by atomic mass is 16.3. The summed E-state index contributed by atoms with van der Waals surface area (Å²) in [6.45, 7) is 4.70. The molecule has 0 aromatic carbocycles. The number of amides is 1. The summed E-state index contributed by atoms with van der Waals surface area (Å²) in [5.74, 6) is 0.381. The monoisotopic (exact) mass is 330 g/mol. The van der Waals surface area contributed by atoms with Crippen LogP contribution in [0.3, 0.4) is 0 Å². The molecule has 0 radical (unpaired) electrons. The van der Waals surface area contributed by atoms with Crippen LogP contribution in [-0.2, 0) is 5.60 Å². The fourth-order valence-electron chi connectivity index (χ4n) is 3.13. The van der Waals surface area contributed by atoms with Gasteiger partial charge in [-0.05, 0) is 32.8 Å². The molecule has 0 bridgehead atoms. The summed E-state index contributed by atoms with van der Waals surface area (Å²) in [7, 11) is 0. The number of nitrogens with zero attached hydrogens (tertiary/aromatic N) is 5. The van der Waals surface area contributed by atoms with Crippen LogP contribution < -0.4 is 0 Å². The van der Waals surface area contributed by atoms with Crippen molar-refractivity contribution in [3.8, 4) is 0 Å². The lowest BCUT2D eigenvalue weighted by atomic mass is 10.00. The molecule has 0 spiro atoms. The smallest absolute Gasteiger partial charge is 0.274 e. The minimum atomic E-state index is -1.14. The van der Waals surface area contributed by atoms with Gasteiger partial charge in [-0.2, -0.15) is 5.10 Å². The summed E-state index contributed by atoms with van der Waals surface area (Å²) in [4.78, 5) is 14.3. The maximum absolute atomic E-state index is 12.6. The fourth-order valence-corrected chi connectivity index (χ4v) is 3.13. The van der Waals surface area contributed by atoms with Gasteiger partial charge in [0.2, 0.25) is 0 Å². The van der Waals surface area contributed by atoms with E-state index in [-0.39, 0.29) is 18.5 Å². The normalized spacial score (nSPS) is 24.1. The molecule has 1 aliphatic heterocycles. The van der Waals surface area contributed by atoms with Gasteiger partial charge in [0, 0.05) is 30.6 Å². The average molecular weight is 330 g/mol. The largest absolute Gasteiger partial charge is 0.381 e. The summed E-state index contributed by atoms with van der Waals surface area (Å²) in [6.07, 6.45) is 4.53. The first-order valence-corrected chi connectivity index (χ1v) is 8.45. The molecule has 2 aromatic rings. The molecule has 128 valence electrons. The number of carbonyl (C=O) groups excluding carboxylic acids is 1. The molecule has 1 atom stereocenters. The fraction of sp³-hybridized carbons (Fsp3) is 0.625. The van der Waals surface area contributed by atoms with E-state index in [9.17, 15) is 9.90 Å². The van der Waals surface area contributed by atoms with Crippen molar-refractivity contribution in [1.29, 1.82) is 0 Å². The van der Waals surface area contributed by atoms with Crippen molar-refractivity contribution >= 4 is 5.91 Å². The Morgan fingerprint density at radius 1 is 1.46 bits per heavy atom. The highest BCUT2D eigenvalue weighted by Crippen LogP contribution is 2.39. The van der Waals surface area contributed by atoms with Crippen molar-refractivity contribution < 1.29 is 9.90 Å². The van der Waals surface area contributed by atoms with Crippen LogP contribution >= 0.6 is 0 Å². The highest BCUT2D eigenvalue weighted by molar-refractivity contribution is 5.92. The topological polar surface area (TPSA) is 99.9 Å². The van der Waals surface area contributed by atoms with Crippen molar-refractivity contribution in [3.05, 3.63) is 29.3 Å². The lowest BCUT2D eigenvalue weighted by molar-refractivity contribution is 0.0380. The highest BCUT2D eigenvalue weighted by Gasteiger charge is 2.42. The summed E-state index contributed by atoms with van der Waals surface area (Å²) >= 11 is 0. The second-order valence-corrected chi connectivity index (χ2v) is 7.17. The molecule has 2 aromatic heterocycles. The molecule has 1 amide bonds. The van der Waals surface area contributed by atoms with E-state index in [2.05, 4.69) is 20.5 Å². The van der Waals surface area contributed by atoms with Crippen LogP contribution in [0.15, 0.2) is 12.3 Å². The molecule has 1 saturated heterocycles. The van der Waals surface area contributed by atoms with E-state index in [4.69, 9.17) is 0 Å². The van der Waals surface area contributed by atoms with Crippen molar-refractivity contribution in [3.63, 3.8) is 0 Å². The van der Waals surface area contributed by atoms with E-state index < -0.39 is 5.60 Å². The van der Waals surface area contributed by atoms with E-state index >= 15 is 0 Å². The summed E-state index contributed by atoms with van der Waals surface area (Å²) in [6, 6.07) is 2.02. The van der Waals surface area contributed by atoms with Gasteiger partial charge in [0.05, 0.1) is 12.7 Å². The number of aromatic nitrogens is 5. The Morgan fingerprint density at radius 2 is 2.25 bits per heavy atom. The predicted octanol–water partition coefficient (Wildman–Crippen LogP) is 1.19. The molecule has 2 fully saturated rings. The third-order valence-electron chi connectivity index (χ3n) is 4.89. The van der Waals surface area contributed by atoms with Crippen LogP contribution in [0.5, 0.6) is 0 Å². The van der Waals surface area contributed by atoms with Crippen molar-refractivity contribution in [2.45, 2.75) is 50.7 Å². The lowest BCUT2D eigenvalue weighted by Gasteiger charge is -2.20. The molecule has 8 nitrogen and oxygen atoms in total. The molecule has 0 unspecified atom stereocenters. The van der Waals surface area contributed by atoms with Crippen molar-refractivity contribution in [2.75, 3.05) is 13.1 Å². The summed E-state index contributed by atoms with van der Waals surface area (Å²) in [5.41, 5.74) is 0.838. The molecule has 4 rings (SSSR count). The molecule has 2 N–H and O–H groups in total. The minimum absolute atomic E-state index is 0.148. The summed E-state index contributed by atoms with van der Waals surface area (Å²) in [5, 5.41) is 26.1. The Balaban J connectivity index is 1.48. The zero-order valence-electron chi connectivity index (χ0n) is 13.9. The maximum Gasteiger partial charge on any atom is 0.274 e. The molecule has 3 heterocycles. The van der Waals surface area contributed by atoms with Crippen molar-refractivity contribution in [1.82, 2.24) is 30.1 Å². The molecule has 1 aliphatic carbocycles. The first kappa shape index (κ1) is 15.3. The quantitative estimate of drug-likeness (QED) is 0.877. The van der Waals surface area contributed by atoms with Gasteiger partial charge in [0.25, 0.3) is 5.91 Å². The van der Waals surface area contributed by atoms with E-state index in [1.807, 2.05) is 19.9 Å². The number of carbonyl (C=O) groups is 1. The van der Waals surface area contributed by atoms with Crippen LogP contribution in [0.2, 0.25) is 0 Å².